The van der Waals surface area contributed by atoms with Gasteiger partial charge in [0, 0.05) is 19.5 Å². The van der Waals surface area contributed by atoms with Crippen molar-refractivity contribution in [1.82, 2.24) is 4.90 Å². The summed E-state index contributed by atoms with van der Waals surface area (Å²) in [4.78, 5) is 24.6. The van der Waals surface area contributed by atoms with Crippen LogP contribution in [0.25, 0.3) is 0 Å². The molecule has 1 amide bonds. The number of likely N-dealkylation sites (tertiary alicyclic amines) is 1. The molecule has 0 aromatic carbocycles. The minimum absolute atomic E-state index is 0.0666. The van der Waals surface area contributed by atoms with E-state index in [4.69, 9.17) is 9.84 Å². The Bertz CT molecular complexity index is 339. The van der Waals surface area contributed by atoms with Crippen LogP contribution in [0.1, 0.15) is 51.4 Å². The molecule has 1 aliphatic heterocycles. The molecular formula is C15H25NO4. The molecule has 114 valence electrons. The van der Waals surface area contributed by atoms with Crippen LogP contribution in [-0.4, -0.2) is 47.7 Å². The number of ether oxygens (including phenoxy) is 1. The second-order valence-corrected chi connectivity index (χ2v) is 6.00. The van der Waals surface area contributed by atoms with Gasteiger partial charge in [-0.25, -0.2) is 0 Å². The summed E-state index contributed by atoms with van der Waals surface area (Å²) >= 11 is 0. The van der Waals surface area contributed by atoms with E-state index in [1.54, 1.807) is 0 Å². The first-order chi connectivity index (χ1) is 9.65. The van der Waals surface area contributed by atoms with Gasteiger partial charge in [-0.3, -0.25) is 9.59 Å². The molecule has 1 saturated heterocycles. The zero-order valence-electron chi connectivity index (χ0n) is 12.1. The number of rotatable bonds is 6. The maximum Gasteiger partial charge on any atom is 0.303 e. The van der Waals surface area contributed by atoms with E-state index in [1.165, 1.54) is 12.8 Å². The molecule has 0 aromatic rings. The first kappa shape index (κ1) is 15.3. The molecule has 5 nitrogen and oxygen atoms in total. The molecule has 20 heavy (non-hydrogen) atoms. The number of carboxylic acid groups (broad SMARTS) is 1. The number of carbonyl (C=O) groups is 2. The number of amides is 1. The van der Waals surface area contributed by atoms with Gasteiger partial charge in [0.1, 0.15) is 6.61 Å². The van der Waals surface area contributed by atoms with Gasteiger partial charge in [-0.05, 0) is 38.0 Å². The van der Waals surface area contributed by atoms with Gasteiger partial charge >= 0.3 is 5.97 Å². The molecule has 2 fully saturated rings. The molecule has 0 radical (unpaired) electrons. The average molecular weight is 283 g/mol. The van der Waals surface area contributed by atoms with Gasteiger partial charge in [-0.2, -0.15) is 0 Å². The van der Waals surface area contributed by atoms with Crippen molar-refractivity contribution >= 4 is 11.9 Å². The Morgan fingerprint density at radius 3 is 2.60 bits per heavy atom. The van der Waals surface area contributed by atoms with Gasteiger partial charge in [0.15, 0.2) is 0 Å². The molecular weight excluding hydrogens is 258 g/mol. The number of piperidine rings is 1. The summed E-state index contributed by atoms with van der Waals surface area (Å²) in [5, 5.41) is 8.72. The molecule has 0 spiro atoms. The Labute approximate surface area is 120 Å². The highest BCUT2D eigenvalue weighted by Crippen LogP contribution is 2.23. The standard InChI is InChI=1S/C15H25NO4/c17-14(11-20-13-5-1-2-6-13)16-9-3-4-12(10-16)7-8-15(18)19/h12-13H,1-11H2,(H,18,19). The van der Waals surface area contributed by atoms with Crippen molar-refractivity contribution in [2.45, 2.75) is 57.5 Å². The Hall–Kier alpha value is -1.10. The predicted octanol–water partition coefficient (Wildman–Crippen LogP) is 2.05. The van der Waals surface area contributed by atoms with Gasteiger partial charge in [0.25, 0.3) is 0 Å². The molecule has 0 aromatic heterocycles. The molecule has 0 bridgehead atoms. The predicted molar refractivity (Wildman–Crippen MR) is 74.4 cm³/mol. The third-order valence-electron chi connectivity index (χ3n) is 4.38. The van der Waals surface area contributed by atoms with Crippen LogP contribution in [0.3, 0.4) is 0 Å². The number of nitrogens with zero attached hydrogens (tertiary/aromatic N) is 1. The number of carbonyl (C=O) groups excluding carboxylic acids is 1. The van der Waals surface area contributed by atoms with E-state index < -0.39 is 5.97 Å². The van der Waals surface area contributed by atoms with Crippen molar-refractivity contribution in [2.24, 2.45) is 5.92 Å². The topological polar surface area (TPSA) is 66.8 Å². The van der Waals surface area contributed by atoms with Crippen molar-refractivity contribution < 1.29 is 19.4 Å². The van der Waals surface area contributed by atoms with E-state index >= 15 is 0 Å². The largest absolute Gasteiger partial charge is 0.481 e. The van der Waals surface area contributed by atoms with Gasteiger partial charge in [-0.15, -0.1) is 0 Å². The van der Waals surface area contributed by atoms with Crippen molar-refractivity contribution in [2.75, 3.05) is 19.7 Å². The van der Waals surface area contributed by atoms with E-state index in [1.807, 2.05) is 4.90 Å². The number of aliphatic carboxylic acids is 1. The van der Waals surface area contributed by atoms with Gasteiger partial charge in [0.05, 0.1) is 6.10 Å². The molecule has 1 N–H and O–H groups in total. The molecule has 1 unspecified atom stereocenters. The van der Waals surface area contributed by atoms with Crippen LogP contribution in [0, 0.1) is 5.92 Å². The molecule has 1 atom stereocenters. The lowest BCUT2D eigenvalue weighted by molar-refractivity contribution is -0.140. The summed E-state index contributed by atoms with van der Waals surface area (Å²) in [5.41, 5.74) is 0. The average Bonchev–Trinajstić information content (AvgIpc) is 2.96. The number of carboxylic acids is 1. The summed E-state index contributed by atoms with van der Waals surface area (Å²) in [6, 6.07) is 0. The first-order valence-electron chi connectivity index (χ1n) is 7.76. The summed E-state index contributed by atoms with van der Waals surface area (Å²) in [6.45, 7) is 1.67. The van der Waals surface area contributed by atoms with Crippen molar-refractivity contribution in [3.63, 3.8) is 0 Å². The van der Waals surface area contributed by atoms with E-state index in [-0.39, 0.29) is 25.0 Å². The molecule has 1 heterocycles. The Balaban J connectivity index is 1.70. The fourth-order valence-electron chi connectivity index (χ4n) is 3.19. The first-order valence-corrected chi connectivity index (χ1v) is 7.76. The van der Waals surface area contributed by atoms with E-state index in [0.29, 0.717) is 18.9 Å². The van der Waals surface area contributed by atoms with E-state index in [9.17, 15) is 9.59 Å². The van der Waals surface area contributed by atoms with Crippen molar-refractivity contribution in [3.8, 4) is 0 Å². The fraction of sp³-hybridized carbons (Fsp3) is 0.867. The summed E-state index contributed by atoms with van der Waals surface area (Å²) in [6.07, 6.45) is 7.71. The Morgan fingerprint density at radius 2 is 1.90 bits per heavy atom. The lowest BCUT2D eigenvalue weighted by atomic mass is 9.93. The number of hydrogen-bond donors (Lipinski definition) is 1. The maximum atomic E-state index is 12.1. The minimum atomic E-state index is -0.752. The minimum Gasteiger partial charge on any atom is -0.481 e. The van der Waals surface area contributed by atoms with E-state index in [0.717, 1.165) is 32.2 Å². The van der Waals surface area contributed by atoms with Crippen LogP contribution < -0.4 is 0 Å². The molecule has 1 saturated carbocycles. The van der Waals surface area contributed by atoms with Crippen LogP contribution in [0.2, 0.25) is 0 Å². The van der Waals surface area contributed by atoms with Crippen LogP contribution in [0.5, 0.6) is 0 Å². The SMILES string of the molecule is O=C(O)CCC1CCCN(C(=O)COC2CCCC2)C1. The Morgan fingerprint density at radius 1 is 1.15 bits per heavy atom. The smallest absolute Gasteiger partial charge is 0.303 e. The van der Waals surface area contributed by atoms with Crippen molar-refractivity contribution in [1.29, 1.82) is 0 Å². The van der Waals surface area contributed by atoms with Gasteiger partial charge < -0.3 is 14.7 Å². The zero-order valence-corrected chi connectivity index (χ0v) is 12.1. The molecule has 1 aliphatic carbocycles. The quantitative estimate of drug-likeness (QED) is 0.810. The zero-order chi connectivity index (χ0) is 14.4. The van der Waals surface area contributed by atoms with Crippen LogP contribution in [0.4, 0.5) is 0 Å². The van der Waals surface area contributed by atoms with E-state index in [2.05, 4.69) is 0 Å². The van der Waals surface area contributed by atoms with Gasteiger partial charge in [-0.1, -0.05) is 12.8 Å². The summed E-state index contributed by atoms with van der Waals surface area (Å²) in [7, 11) is 0. The molecule has 2 aliphatic rings. The highest BCUT2D eigenvalue weighted by molar-refractivity contribution is 5.77. The monoisotopic (exact) mass is 283 g/mol. The maximum absolute atomic E-state index is 12.1. The number of hydrogen-bond acceptors (Lipinski definition) is 3. The fourth-order valence-corrected chi connectivity index (χ4v) is 3.19. The second-order valence-electron chi connectivity index (χ2n) is 6.00. The lowest BCUT2D eigenvalue weighted by Gasteiger charge is -2.32. The normalized spacial score (nSPS) is 24.0. The third-order valence-corrected chi connectivity index (χ3v) is 4.38. The van der Waals surface area contributed by atoms with Crippen LogP contribution in [-0.2, 0) is 14.3 Å². The highest BCUT2D eigenvalue weighted by atomic mass is 16.5. The summed E-state index contributed by atoms with van der Waals surface area (Å²) < 4.78 is 5.67. The Kier molecular flexibility index (Phi) is 5.83. The van der Waals surface area contributed by atoms with Crippen LogP contribution >= 0.6 is 0 Å². The third kappa shape index (κ3) is 4.78. The van der Waals surface area contributed by atoms with Crippen molar-refractivity contribution in [3.05, 3.63) is 0 Å². The van der Waals surface area contributed by atoms with Crippen LogP contribution in [0.15, 0.2) is 0 Å². The lowest BCUT2D eigenvalue weighted by Crippen LogP contribution is -2.42. The molecule has 5 heteroatoms. The molecule has 2 rings (SSSR count). The van der Waals surface area contributed by atoms with Gasteiger partial charge in [0.2, 0.25) is 5.91 Å². The highest BCUT2D eigenvalue weighted by Gasteiger charge is 2.25. The summed E-state index contributed by atoms with van der Waals surface area (Å²) in [5.74, 6) is -0.356. The second kappa shape index (κ2) is 7.62.